The van der Waals surface area contributed by atoms with E-state index >= 15 is 0 Å². The molecule has 0 aliphatic rings. The molecule has 19 heavy (non-hydrogen) atoms. The van der Waals surface area contributed by atoms with E-state index in [2.05, 4.69) is 22.7 Å². The van der Waals surface area contributed by atoms with Crippen LogP contribution in [0.2, 0.25) is 5.02 Å². The first-order valence-electron chi connectivity index (χ1n) is 6.33. The predicted octanol–water partition coefficient (Wildman–Crippen LogP) is 2.09. The largest absolute Gasteiger partial charge is 0.271 e. The van der Waals surface area contributed by atoms with Crippen LogP contribution in [0.25, 0.3) is 0 Å². The molecule has 1 aromatic heterocycles. The molecule has 0 bridgehead atoms. The number of aromatic nitrogens is 3. The molecule has 0 aliphatic carbocycles. The van der Waals surface area contributed by atoms with Gasteiger partial charge in [-0.25, -0.2) is 4.68 Å². The first kappa shape index (κ1) is 14.0. The Morgan fingerprint density at radius 2 is 2.11 bits per heavy atom. The van der Waals surface area contributed by atoms with E-state index in [9.17, 15) is 0 Å². The third-order valence-corrected chi connectivity index (χ3v) is 3.25. The summed E-state index contributed by atoms with van der Waals surface area (Å²) < 4.78 is 1.89. The predicted molar refractivity (Wildman–Crippen MR) is 75.5 cm³/mol. The highest BCUT2D eigenvalue weighted by Crippen LogP contribution is 2.18. The van der Waals surface area contributed by atoms with Gasteiger partial charge in [0.05, 0.1) is 17.9 Å². The average Bonchev–Trinajstić information content (AvgIpc) is 2.87. The van der Waals surface area contributed by atoms with Crippen LogP contribution in [0.3, 0.4) is 0 Å². The zero-order chi connectivity index (χ0) is 13.7. The number of halogens is 1. The standard InChI is InChI=1S/C13H18ClN5/c1-2-7-19-13(9-16-18-19)12(17-15)8-10-3-5-11(14)6-4-10/h3-6,9,12,17H,2,7-8,15H2,1H3. The zero-order valence-electron chi connectivity index (χ0n) is 10.9. The number of hydrogen-bond acceptors (Lipinski definition) is 4. The number of nitrogens with one attached hydrogen (secondary N) is 1. The topological polar surface area (TPSA) is 68.8 Å². The van der Waals surface area contributed by atoms with Gasteiger partial charge in [-0.3, -0.25) is 11.3 Å². The SMILES string of the molecule is CCCn1nncc1C(Cc1ccc(Cl)cc1)NN. The lowest BCUT2D eigenvalue weighted by Crippen LogP contribution is -2.31. The molecule has 1 atom stereocenters. The molecule has 0 saturated heterocycles. The Balaban J connectivity index is 2.15. The molecule has 2 rings (SSSR count). The number of hydrazine groups is 1. The first-order valence-corrected chi connectivity index (χ1v) is 6.71. The molecule has 0 radical (unpaired) electrons. The van der Waals surface area contributed by atoms with E-state index in [0.29, 0.717) is 0 Å². The molecule has 1 heterocycles. The van der Waals surface area contributed by atoms with Crippen LogP contribution in [0.1, 0.15) is 30.6 Å². The van der Waals surface area contributed by atoms with E-state index in [1.165, 1.54) is 0 Å². The first-order chi connectivity index (χ1) is 9.24. The summed E-state index contributed by atoms with van der Waals surface area (Å²) in [6, 6.07) is 7.75. The number of nitrogens with two attached hydrogens (primary N) is 1. The highest BCUT2D eigenvalue weighted by Gasteiger charge is 2.16. The van der Waals surface area contributed by atoms with Gasteiger partial charge >= 0.3 is 0 Å². The summed E-state index contributed by atoms with van der Waals surface area (Å²) in [6.07, 6.45) is 3.54. The third-order valence-electron chi connectivity index (χ3n) is 2.99. The average molecular weight is 280 g/mol. The number of hydrogen-bond donors (Lipinski definition) is 2. The van der Waals surface area contributed by atoms with Crippen molar-refractivity contribution in [3.63, 3.8) is 0 Å². The molecule has 5 nitrogen and oxygen atoms in total. The van der Waals surface area contributed by atoms with Gasteiger partial charge in [-0.15, -0.1) is 5.10 Å². The molecule has 6 heteroatoms. The Morgan fingerprint density at radius 1 is 1.37 bits per heavy atom. The van der Waals surface area contributed by atoms with Crippen LogP contribution in [0.5, 0.6) is 0 Å². The van der Waals surface area contributed by atoms with Gasteiger partial charge < -0.3 is 0 Å². The smallest absolute Gasteiger partial charge is 0.0773 e. The summed E-state index contributed by atoms with van der Waals surface area (Å²) in [4.78, 5) is 0. The monoisotopic (exact) mass is 279 g/mol. The van der Waals surface area contributed by atoms with Gasteiger partial charge in [0.2, 0.25) is 0 Å². The maximum Gasteiger partial charge on any atom is 0.0773 e. The molecule has 102 valence electrons. The van der Waals surface area contributed by atoms with Crippen LogP contribution < -0.4 is 11.3 Å². The van der Waals surface area contributed by atoms with Crippen LogP contribution >= 0.6 is 11.6 Å². The Labute approximate surface area is 117 Å². The second-order valence-corrected chi connectivity index (χ2v) is 4.87. The summed E-state index contributed by atoms with van der Waals surface area (Å²) in [5.74, 6) is 5.66. The molecule has 3 N–H and O–H groups in total. The summed E-state index contributed by atoms with van der Waals surface area (Å²) in [5.41, 5.74) is 5.00. The van der Waals surface area contributed by atoms with Gasteiger partial charge in [-0.2, -0.15) is 0 Å². The van der Waals surface area contributed by atoms with Crippen molar-refractivity contribution in [2.24, 2.45) is 5.84 Å². The Morgan fingerprint density at radius 3 is 2.74 bits per heavy atom. The minimum atomic E-state index is -0.0114. The maximum atomic E-state index is 5.88. The van der Waals surface area contributed by atoms with Crippen LogP contribution in [-0.4, -0.2) is 15.0 Å². The minimum absolute atomic E-state index is 0.0114. The van der Waals surface area contributed by atoms with Gasteiger partial charge in [-0.1, -0.05) is 35.9 Å². The summed E-state index contributed by atoms with van der Waals surface area (Å²) in [7, 11) is 0. The Bertz CT molecular complexity index is 508. The van der Waals surface area contributed by atoms with Crippen molar-refractivity contribution in [3.05, 3.63) is 46.7 Å². The molecular weight excluding hydrogens is 262 g/mol. The molecule has 0 aliphatic heterocycles. The normalized spacial score (nSPS) is 12.6. The van der Waals surface area contributed by atoms with Crippen molar-refractivity contribution in [2.45, 2.75) is 32.4 Å². The van der Waals surface area contributed by atoms with E-state index in [-0.39, 0.29) is 6.04 Å². The van der Waals surface area contributed by atoms with Crippen LogP contribution in [-0.2, 0) is 13.0 Å². The van der Waals surface area contributed by atoms with Crippen LogP contribution in [0.4, 0.5) is 0 Å². The van der Waals surface area contributed by atoms with E-state index < -0.39 is 0 Å². The Hall–Kier alpha value is -1.43. The lowest BCUT2D eigenvalue weighted by molar-refractivity contribution is 0.474. The van der Waals surface area contributed by atoms with Crippen molar-refractivity contribution in [1.29, 1.82) is 0 Å². The number of benzene rings is 1. The van der Waals surface area contributed by atoms with Crippen LogP contribution in [0.15, 0.2) is 30.5 Å². The quantitative estimate of drug-likeness (QED) is 0.628. The fraction of sp³-hybridized carbons (Fsp3) is 0.385. The lowest BCUT2D eigenvalue weighted by atomic mass is 10.0. The van der Waals surface area contributed by atoms with E-state index in [1.807, 2.05) is 28.9 Å². The molecule has 0 amide bonds. The van der Waals surface area contributed by atoms with Crippen molar-refractivity contribution in [1.82, 2.24) is 20.4 Å². The van der Waals surface area contributed by atoms with Gasteiger partial charge in [0, 0.05) is 11.6 Å². The van der Waals surface area contributed by atoms with Crippen molar-refractivity contribution in [2.75, 3.05) is 0 Å². The zero-order valence-corrected chi connectivity index (χ0v) is 11.6. The van der Waals surface area contributed by atoms with Crippen molar-refractivity contribution >= 4 is 11.6 Å². The second kappa shape index (κ2) is 6.65. The summed E-state index contributed by atoms with van der Waals surface area (Å²) >= 11 is 5.88. The lowest BCUT2D eigenvalue weighted by Gasteiger charge is -2.16. The van der Waals surface area contributed by atoms with Gasteiger partial charge in [0.15, 0.2) is 0 Å². The summed E-state index contributed by atoms with van der Waals surface area (Å²) in [5, 5.41) is 8.78. The number of nitrogens with zero attached hydrogens (tertiary/aromatic N) is 3. The van der Waals surface area contributed by atoms with Gasteiger partial charge in [-0.05, 0) is 30.5 Å². The van der Waals surface area contributed by atoms with E-state index in [1.54, 1.807) is 6.20 Å². The summed E-state index contributed by atoms with van der Waals surface area (Å²) in [6.45, 7) is 2.95. The molecular formula is C13H18ClN5. The fourth-order valence-electron chi connectivity index (χ4n) is 2.03. The van der Waals surface area contributed by atoms with Gasteiger partial charge in [0.1, 0.15) is 0 Å². The highest BCUT2D eigenvalue weighted by atomic mass is 35.5. The van der Waals surface area contributed by atoms with Crippen molar-refractivity contribution < 1.29 is 0 Å². The van der Waals surface area contributed by atoms with Crippen LogP contribution in [0, 0.1) is 0 Å². The minimum Gasteiger partial charge on any atom is -0.271 e. The molecule has 1 unspecified atom stereocenters. The molecule has 2 aromatic rings. The third kappa shape index (κ3) is 3.53. The van der Waals surface area contributed by atoms with Crippen molar-refractivity contribution in [3.8, 4) is 0 Å². The maximum absolute atomic E-state index is 5.88. The van der Waals surface area contributed by atoms with E-state index in [0.717, 1.165) is 35.7 Å². The molecule has 1 aromatic carbocycles. The highest BCUT2D eigenvalue weighted by molar-refractivity contribution is 6.30. The van der Waals surface area contributed by atoms with Gasteiger partial charge in [0.25, 0.3) is 0 Å². The fourth-order valence-corrected chi connectivity index (χ4v) is 2.15. The number of rotatable bonds is 6. The number of aryl methyl sites for hydroxylation is 1. The second-order valence-electron chi connectivity index (χ2n) is 4.43. The molecule has 0 spiro atoms. The Kier molecular flexibility index (Phi) is 4.90. The molecule has 0 fully saturated rings. The molecule has 0 saturated carbocycles. The van der Waals surface area contributed by atoms with E-state index in [4.69, 9.17) is 17.4 Å².